The van der Waals surface area contributed by atoms with Crippen LogP contribution in [-0.2, 0) is 4.79 Å². The summed E-state index contributed by atoms with van der Waals surface area (Å²) >= 11 is 2.84. The van der Waals surface area contributed by atoms with E-state index in [4.69, 9.17) is 4.74 Å². The highest BCUT2D eigenvalue weighted by Gasteiger charge is 2.16. The number of amides is 1. The second kappa shape index (κ2) is 8.73. The summed E-state index contributed by atoms with van der Waals surface area (Å²) in [5.74, 6) is 0.827. The molecule has 0 bridgehead atoms. The van der Waals surface area contributed by atoms with Crippen LogP contribution >= 0.6 is 23.1 Å². The van der Waals surface area contributed by atoms with Crippen molar-refractivity contribution >= 4 is 39.8 Å². The fourth-order valence-corrected chi connectivity index (χ4v) is 3.64. The fourth-order valence-electron chi connectivity index (χ4n) is 1.70. The molecule has 2 aromatic rings. The van der Waals surface area contributed by atoms with Gasteiger partial charge in [0.25, 0.3) is 0 Å². The van der Waals surface area contributed by atoms with Crippen molar-refractivity contribution in [3.8, 4) is 5.75 Å². The molecule has 0 spiro atoms. The third-order valence-corrected chi connectivity index (χ3v) is 4.97. The minimum Gasteiger partial charge on any atom is -0.497 e. The van der Waals surface area contributed by atoms with E-state index < -0.39 is 0 Å². The van der Waals surface area contributed by atoms with E-state index in [0.717, 1.165) is 22.2 Å². The van der Waals surface area contributed by atoms with Crippen LogP contribution in [0.4, 0.5) is 10.8 Å². The lowest BCUT2D eigenvalue weighted by molar-refractivity contribution is -0.120. The Hall–Kier alpha value is -1.80. The van der Waals surface area contributed by atoms with Gasteiger partial charge in [-0.3, -0.25) is 4.79 Å². The van der Waals surface area contributed by atoms with Crippen molar-refractivity contribution in [2.24, 2.45) is 0 Å². The molecule has 0 radical (unpaired) electrons. The standard InChI is InChI=1S/C15H20N4O2S2/c1-4-9-16-13(20)10(2)22-15-19-18-14(23-15)17-11-5-7-12(21-3)8-6-11/h5-8,10H,4,9H2,1-3H3,(H,16,20)(H,17,18). The van der Waals surface area contributed by atoms with Crippen molar-refractivity contribution in [3.05, 3.63) is 24.3 Å². The summed E-state index contributed by atoms with van der Waals surface area (Å²) in [6.07, 6.45) is 0.928. The first-order chi connectivity index (χ1) is 11.1. The predicted octanol–water partition coefficient (Wildman–Crippen LogP) is 3.30. The van der Waals surface area contributed by atoms with E-state index in [9.17, 15) is 4.79 Å². The zero-order valence-electron chi connectivity index (χ0n) is 13.3. The molecule has 2 rings (SSSR count). The summed E-state index contributed by atoms with van der Waals surface area (Å²) in [6, 6.07) is 7.57. The minimum absolute atomic E-state index is 0.0247. The van der Waals surface area contributed by atoms with Gasteiger partial charge in [0.15, 0.2) is 4.34 Å². The maximum absolute atomic E-state index is 11.9. The largest absolute Gasteiger partial charge is 0.497 e. The molecule has 0 fully saturated rings. The number of nitrogens with one attached hydrogen (secondary N) is 2. The van der Waals surface area contributed by atoms with E-state index in [0.29, 0.717) is 11.7 Å². The Morgan fingerprint density at radius 1 is 1.35 bits per heavy atom. The number of methoxy groups -OCH3 is 1. The molecule has 1 amide bonds. The first-order valence-corrected chi connectivity index (χ1v) is 9.01. The number of hydrogen-bond acceptors (Lipinski definition) is 7. The second-order valence-corrected chi connectivity index (χ2v) is 7.34. The lowest BCUT2D eigenvalue weighted by Gasteiger charge is -2.08. The number of benzene rings is 1. The van der Waals surface area contributed by atoms with Gasteiger partial charge in [-0.25, -0.2) is 0 Å². The molecule has 1 aromatic heterocycles. The maximum Gasteiger partial charge on any atom is 0.233 e. The quantitative estimate of drug-likeness (QED) is 0.710. The highest BCUT2D eigenvalue weighted by atomic mass is 32.2. The summed E-state index contributed by atoms with van der Waals surface area (Å²) in [5.41, 5.74) is 0.909. The van der Waals surface area contributed by atoms with E-state index in [-0.39, 0.29) is 11.2 Å². The molecule has 0 aliphatic heterocycles. The number of hydrogen-bond donors (Lipinski definition) is 2. The van der Waals surface area contributed by atoms with Gasteiger partial charge in [-0.05, 0) is 37.6 Å². The van der Waals surface area contributed by atoms with Crippen molar-refractivity contribution < 1.29 is 9.53 Å². The number of rotatable bonds is 8. The van der Waals surface area contributed by atoms with Crippen molar-refractivity contribution in [2.45, 2.75) is 29.9 Å². The summed E-state index contributed by atoms with van der Waals surface area (Å²) in [5, 5.41) is 14.8. The van der Waals surface area contributed by atoms with Crippen LogP contribution in [-0.4, -0.2) is 35.0 Å². The number of carbonyl (C=O) groups is 1. The molecule has 6 nitrogen and oxygen atoms in total. The van der Waals surface area contributed by atoms with Crippen molar-refractivity contribution in [3.63, 3.8) is 0 Å². The van der Waals surface area contributed by atoms with E-state index in [1.807, 2.05) is 38.1 Å². The fraction of sp³-hybridized carbons (Fsp3) is 0.400. The number of carbonyl (C=O) groups excluding carboxylic acids is 1. The summed E-state index contributed by atoms with van der Waals surface area (Å²) in [6.45, 7) is 4.59. The van der Waals surface area contributed by atoms with Gasteiger partial charge < -0.3 is 15.4 Å². The third-order valence-electron chi connectivity index (χ3n) is 2.94. The van der Waals surface area contributed by atoms with Crippen LogP contribution < -0.4 is 15.4 Å². The van der Waals surface area contributed by atoms with Gasteiger partial charge in [0, 0.05) is 12.2 Å². The first-order valence-electron chi connectivity index (χ1n) is 7.31. The topological polar surface area (TPSA) is 76.1 Å². The van der Waals surface area contributed by atoms with E-state index in [2.05, 4.69) is 20.8 Å². The predicted molar refractivity (Wildman–Crippen MR) is 94.8 cm³/mol. The summed E-state index contributed by atoms with van der Waals surface area (Å²) in [4.78, 5) is 11.9. The van der Waals surface area contributed by atoms with E-state index >= 15 is 0 Å². The zero-order valence-corrected chi connectivity index (χ0v) is 15.0. The number of ether oxygens (including phenoxy) is 1. The van der Waals surface area contributed by atoms with Gasteiger partial charge in [0.2, 0.25) is 11.0 Å². The average molecular weight is 352 g/mol. The SMILES string of the molecule is CCCNC(=O)C(C)Sc1nnc(Nc2ccc(OC)cc2)s1. The molecule has 124 valence electrons. The zero-order chi connectivity index (χ0) is 16.7. The van der Waals surface area contributed by atoms with Crippen LogP contribution in [0.3, 0.4) is 0 Å². The molecule has 0 saturated heterocycles. The number of anilines is 2. The Bertz CT molecular complexity index is 631. The maximum atomic E-state index is 11.9. The van der Waals surface area contributed by atoms with Gasteiger partial charge in [-0.15, -0.1) is 10.2 Å². The smallest absolute Gasteiger partial charge is 0.233 e. The molecule has 1 heterocycles. The number of aromatic nitrogens is 2. The number of thioether (sulfide) groups is 1. The van der Waals surface area contributed by atoms with E-state index in [1.165, 1.54) is 23.1 Å². The van der Waals surface area contributed by atoms with Gasteiger partial charge in [-0.1, -0.05) is 30.0 Å². The van der Waals surface area contributed by atoms with Gasteiger partial charge in [0.1, 0.15) is 5.75 Å². The van der Waals surface area contributed by atoms with Crippen LogP contribution in [0, 0.1) is 0 Å². The Morgan fingerprint density at radius 3 is 2.74 bits per heavy atom. The Balaban J connectivity index is 1.90. The highest BCUT2D eigenvalue weighted by Crippen LogP contribution is 2.30. The number of nitrogens with zero attached hydrogens (tertiary/aromatic N) is 2. The molecule has 0 aliphatic carbocycles. The van der Waals surface area contributed by atoms with Crippen molar-refractivity contribution in [2.75, 3.05) is 19.0 Å². The minimum atomic E-state index is -0.191. The molecule has 1 aromatic carbocycles. The molecule has 2 N–H and O–H groups in total. The lowest BCUT2D eigenvalue weighted by Crippen LogP contribution is -2.31. The van der Waals surface area contributed by atoms with Crippen LogP contribution in [0.15, 0.2) is 28.6 Å². The molecule has 0 aliphatic rings. The normalized spacial score (nSPS) is 11.8. The first kappa shape index (κ1) is 17.6. The molecular weight excluding hydrogens is 332 g/mol. The van der Waals surface area contributed by atoms with Gasteiger partial charge >= 0.3 is 0 Å². The van der Waals surface area contributed by atoms with Crippen LogP contribution in [0.2, 0.25) is 0 Å². The Labute approximate surface area is 144 Å². The van der Waals surface area contributed by atoms with Crippen LogP contribution in [0.25, 0.3) is 0 Å². The third kappa shape index (κ3) is 5.40. The second-order valence-electron chi connectivity index (χ2n) is 4.78. The van der Waals surface area contributed by atoms with E-state index in [1.54, 1.807) is 7.11 Å². The van der Waals surface area contributed by atoms with Crippen molar-refractivity contribution in [1.29, 1.82) is 0 Å². The molecule has 1 atom stereocenters. The lowest BCUT2D eigenvalue weighted by atomic mass is 10.3. The molecular formula is C15H20N4O2S2. The monoisotopic (exact) mass is 352 g/mol. The van der Waals surface area contributed by atoms with Crippen LogP contribution in [0.1, 0.15) is 20.3 Å². The highest BCUT2D eigenvalue weighted by molar-refractivity contribution is 8.02. The average Bonchev–Trinajstić information content (AvgIpc) is 3.00. The van der Waals surface area contributed by atoms with Crippen LogP contribution in [0.5, 0.6) is 5.75 Å². The molecule has 1 unspecified atom stereocenters. The summed E-state index contributed by atoms with van der Waals surface area (Å²) in [7, 11) is 1.63. The van der Waals surface area contributed by atoms with Crippen molar-refractivity contribution in [1.82, 2.24) is 15.5 Å². The molecule has 23 heavy (non-hydrogen) atoms. The summed E-state index contributed by atoms with van der Waals surface area (Å²) < 4.78 is 5.89. The molecule has 8 heteroatoms. The van der Waals surface area contributed by atoms with Gasteiger partial charge in [-0.2, -0.15) is 0 Å². The Kier molecular flexibility index (Phi) is 6.66. The van der Waals surface area contributed by atoms with Gasteiger partial charge in [0.05, 0.1) is 12.4 Å². The Morgan fingerprint density at radius 2 is 2.09 bits per heavy atom. The molecule has 0 saturated carbocycles.